The normalized spacial score (nSPS) is 18.9. The molecule has 0 unspecified atom stereocenters. The lowest BCUT2D eigenvalue weighted by Gasteiger charge is -2.30. The van der Waals surface area contributed by atoms with Crippen molar-refractivity contribution in [1.29, 1.82) is 0 Å². The second-order valence-corrected chi connectivity index (χ2v) is 8.82. The third-order valence-electron chi connectivity index (χ3n) is 4.88. The van der Waals surface area contributed by atoms with E-state index in [1.807, 2.05) is 6.07 Å². The van der Waals surface area contributed by atoms with Crippen molar-refractivity contribution < 1.29 is 17.6 Å². The monoisotopic (exact) mass is 339 g/mol. The van der Waals surface area contributed by atoms with E-state index in [0.29, 0.717) is 25.1 Å². The fourth-order valence-electron chi connectivity index (χ4n) is 3.63. The first-order valence-corrected chi connectivity index (χ1v) is 10.00. The predicted octanol–water partition coefficient (Wildman–Crippen LogP) is 2.85. The van der Waals surface area contributed by atoms with Crippen LogP contribution >= 0.6 is 0 Å². The van der Waals surface area contributed by atoms with E-state index < -0.39 is 15.7 Å². The van der Waals surface area contributed by atoms with Crippen molar-refractivity contribution in [1.82, 2.24) is 0 Å². The molecule has 2 aliphatic rings. The van der Waals surface area contributed by atoms with Gasteiger partial charge in [0.1, 0.15) is 5.82 Å². The van der Waals surface area contributed by atoms with E-state index in [4.69, 9.17) is 0 Å². The van der Waals surface area contributed by atoms with Crippen molar-refractivity contribution in [2.24, 2.45) is 0 Å². The zero-order valence-corrected chi connectivity index (χ0v) is 13.9. The van der Waals surface area contributed by atoms with Gasteiger partial charge in [0, 0.05) is 13.0 Å². The molecule has 1 fully saturated rings. The Morgan fingerprint density at radius 2 is 1.96 bits per heavy atom. The van der Waals surface area contributed by atoms with E-state index in [2.05, 4.69) is 0 Å². The first-order chi connectivity index (χ1) is 11.0. The summed E-state index contributed by atoms with van der Waals surface area (Å²) in [5.74, 6) is -0.830. The third kappa shape index (κ3) is 3.42. The van der Waals surface area contributed by atoms with Gasteiger partial charge in [-0.05, 0) is 37.3 Å². The van der Waals surface area contributed by atoms with Gasteiger partial charge in [0.25, 0.3) is 0 Å². The highest BCUT2D eigenvalue weighted by atomic mass is 32.2. The molecule has 1 saturated carbocycles. The van der Waals surface area contributed by atoms with Crippen molar-refractivity contribution in [2.45, 2.75) is 50.2 Å². The first-order valence-electron chi connectivity index (χ1n) is 8.28. The number of para-hydroxylation sites is 1. The van der Waals surface area contributed by atoms with Crippen molar-refractivity contribution in [2.75, 3.05) is 17.2 Å². The molecule has 23 heavy (non-hydrogen) atoms. The van der Waals surface area contributed by atoms with Crippen LogP contribution in [0.4, 0.5) is 10.1 Å². The minimum absolute atomic E-state index is 0.0629. The Labute approximate surface area is 136 Å². The minimum atomic E-state index is -3.22. The van der Waals surface area contributed by atoms with Crippen molar-refractivity contribution in [3.8, 4) is 0 Å². The summed E-state index contributed by atoms with van der Waals surface area (Å²) in [7, 11) is -3.22. The van der Waals surface area contributed by atoms with Crippen molar-refractivity contribution in [3.63, 3.8) is 0 Å². The highest BCUT2D eigenvalue weighted by Gasteiger charge is 2.31. The smallest absolute Gasteiger partial charge is 0.228 e. The zero-order valence-electron chi connectivity index (χ0n) is 13.1. The number of nitrogens with zero attached hydrogens (tertiary/aromatic N) is 1. The fourth-order valence-corrected chi connectivity index (χ4v) is 5.48. The van der Waals surface area contributed by atoms with Crippen LogP contribution in [0.5, 0.6) is 0 Å². The maximum Gasteiger partial charge on any atom is 0.228 e. The van der Waals surface area contributed by atoms with Crippen LogP contribution in [0, 0.1) is 5.82 Å². The second-order valence-electron chi connectivity index (χ2n) is 6.42. The maximum atomic E-state index is 14.1. The average Bonchev–Trinajstić information content (AvgIpc) is 3.08. The van der Waals surface area contributed by atoms with Crippen molar-refractivity contribution in [3.05, 3.63) is 29.6 Å². The Balaban J connectivity index is 1.70. The molecule has 3 rings (SSSR count). The molecule has 0 N–H and O–H groups in total. The number of aryl methyl sites for hydroxylation is 1. The highest BCUT2D eigenvalue weighted by molar-refractivity contribution is 7.92. The first kappa shape index (κ1) is 16.4. The number of anilines is 1. The quantitative estimate of drug-likeness (QED) is 0.847. The second kappa shape index (κ2) is 6.59. The summed E-state index contributed by atoms with van der Waals surface area (Å²) in [5, 5.41) is -0.291. The highest BCUT2D eigenvalue weighted by Crippen LogP contribution is 2.31. The van der Waals surface area contributed by atoms with Gasteiger partial charge in [-0.1, -0.05) is 25.0 Å². The predicted molar refractivity (Wildman–Crippen MR) is 87.7 cm³/mol. The number of halogens is 1. The molecule has 1 amide bonds. The number of fused-ring (bicyclic) bond motifs is 1. The van der Waals surface area contributed by atoms with Gasteiger partial charge < -0.3 is 4.90 Å². The zero-order chi connectivity index (χ0) is 16.4. The Bertz CT molecular complexity index is 696. The van der Waals surface area contributed by atoms with E-state index in [9.17, 15) is 17.6 Å². The lowest BCUT2D eigenvalue weighted by Crippen LogP contribution is -2.37. The number of benzene rings is 1. The van der Waals surface area contributed by atoms with Crippen LogP contribution in [0.2, 0.25) is 0 Å². The molecule has 0 spiro atoms. The van der Waals surface area contributed by atoms with E-state index in [1.54, 1.807) is 6.07 Å². The van der Waals surface area contributed by atoms with Gasteiger partial charge in [0.05, 0.1) is 16.7 Å². The molecule has 126 valence electrons. The van der Waals surface area contributed by atoms with Gasteiger partial charge in [-0.2, -0.15) is 0 Å². The molecular weight excluding hydrogens is 317 g/mol. The number of carbonyl (C=O) groups is 1. The molecule has 0 radical (unpaired) electrons. The lowest BCUT2D eigenvalue weighted by molar-refractivity contribution is -0.118. The van der Waals surface area contributed by atoms with Crippen LogP contribution < -0.4 is 4.90 Å². The maximum absolute atomic E-state index is 14.1. The molecule has 1 aliphatic heterocycles. The summed E-state index contributed by atoms with van der Waals surface area (Å²) < 4.78 is 38.7. The number of sulfone groups is 1. The van der Waals surface area contributed by atoms with E-state index in [0.717, 1.165) is 31.2 Å². The molecule has 1 aromatic rings. The van der Waals surface area contributed by atoms with E-state index in [-0.39, 0.29) is 23.3 Å². The van der Waals surface area contributed by atoms with Crippen LogP contribution in [0.1, 0.15) is 44.1 Å². The topological polar surface area (TPSA) is 54.5 Å². The largest absolute Gasteiger partial charge is 0.309 e. The van der Waals surface area contributed by atoms with Crippen LogP contribution in [0.3, 0.4) is 0 Å². The van der Waals surface area contributed by atoms with E-state index in [1.165, 1.54) is 11.0 Å². The Morgan fingerprint density at radius 3 is 2.70 bits per heavy atom. The van der Waals surface area contributed by atoms with Gasteiger partial charge in [0.2, 0.25) is 5.91 Å². The molecule has 0 saturated heterocycles. The molecule has 1 heterocycles. The van der Waals surface area contributed by atoms with Gasteiger partial charge >= 0.3 is 0 Å². The fraction of sp³-hybridized carbons (Fsp3) is 0.588. The minimum Gasteiger partial charge on any atom is -0.309 e. The molecular formula is C17H22FNO3S. The summed E-state index contributed by atoms with van der Waals surface area (Å²) in [6.45, 7) is 0.455. The molecule has 1 aromatic carbocycles. The summed E-state index contributed by atoms with van der Waals surface area (Å²) in [5.41, 5.74) is 1.16. The molecule has 0 aromatic heterocycles. The summed E-state index contributed by atoms with van der Waals surface area (Å²) >= 11 is 0. The molecule has 0 atom stereocenters. The number of rotatable bonds is 4. The van der Waals surface area contributed by atoms with E-state index >= 15 is 0 Å². The van der Waals surface area contributed by atoms with Crippen LogP contribution in [-0.2, 0) is 21.1 Å². The number of carbonyl (C=O) groups excluding carboxylic acids is 1. The van der Waals surface area contributed by atoms with Gasteiger partial charge in [0.15, 0.2) is 9.84 Å². The van der Waals surface area contributed by atoms with Gasteiger partial charge in [-0.15, -0.1) is 0 Å². The van der Waals surface area contributed by atoms with Crippen LogP contribution in [-0.4, -0.2) is 31.9 Å². The molecule has 4 nitrogen and oxygen atoms in total. The number of hydrogen-bond acceptors (Lipinski definition) is 3. The van der Waals surface area contributed by atoms with Gasteiger partial charge in [-0.3, -0.25) is 4.79 Å². The average molecular weight is 339 g/mol. The summed E-state index contributed by atoms with van der Waals surface area (Å²) in [6, 6.07) is 4.82. The standard InChI is InChI=1S/C17H22FNO3S/c18-15-9-3-5-13-6-4-11-19(17(13)15)16(20)10-12-23(21,22)14-7-1-2-8-14/h3,5,9,14H,1-2,4,6-8,10-12H2. The SMILES string of the molecule is O=C(CCS(=O)(=O)C1CCCC1)N1CCCc2cccc(F)c21. The van der Waals surface area contributed by atoms with Crippen molar-refractivity contribution >= 4 is 21.4 Å². The Hall–Kier alpha value is -1.43. The Morgan fingerprint density at radius 1 is 1.22 bits per heavy atom. The summed E-state index contributed by atoms with van der Waals surface area (Å²) in [6.07, 6.45) is 4.77. The van der Waals surface area contributed by atoms with Crippen LogP contribution in [0.25, 0.3) is 0 Å². The van der Waals surface area contributed by atoms with Gasteiger partial charge in [-0.25, -0.2) is 12.8 Å². The number of hydrogen-bond donors (Lipinski definition) is 0. The molecule has 0 bridgehead atoms. The molecule has 6 heteroatoms. The lowest BCUT2D eigenvalue weighted by atomic mass is 10.0. The third-order valence-corrected chi connectivity index (χ3v) is 7.14. The van der Waals surface area contributed by atoms with Crippen LogP contribution in [0.15, 0.2) is 18.2 Å². The number of amides is 1. The molecule has 1 aliphatic carbocycles. The Kier molecular flexibility index (Phi) is 4.71. The summed E-state index contributed by atoms with van der Waals surface area (Å²) in [4.78, 5) is 13.9.